The molecule has 1 unspecified atom stereocenters. The third-order valence-electron chi connectivity index (χ3n) is 5.64. The quantitative estimate of drug-likeness (QED) is 0.808. The fourth-order valence-electron chi connectivity index (χ4n) is 3.51. The summed E-state index contributed by atoms with van der Waals surface area (Å²) in [7, 11) is 1.81. The van der Waals surface area contributed by atoms with E-state index in [0.29, 0.717) is 49.9 Å². The van der Waals surface area contributed by atoms with Crippen molar-refractivity contribution in [2.45, 2.75) is 39.7 Å². The highest BCUT2D eigenvalue weighted by Gasteiger charge is 2.20. The van der Waals surface area contributed by atoms with Gasteiger partial charge in [0.2, 0.25) is 11.9 Å². The van der Waals surface area contributed by atoms with Gasteiger partial charge in [0.15, 0.2) is 0 Å². The van der Waals surface area contributed by atoms with E-state index in [0.717, 1.165) is 5.56 Å². The van der Waals surface area contributed by atoms with Gasteiger partial charge in [-0.05, 0) is 32.8 Å². The van der Waals surface area contributed by atoms with E-state index >= 15 is 0 Å². The van der Waals surface area contributed by atoms with Crippen LogP contribution in [0.4, 0.5) is 5.95 Å². The number of amides is 1. The number of nitrogens with zero attached hydrogens (tertiary/aromatic N) is 3. The molecular weight excluding hydrogens is 368 g/mol. The molecule has 1 atom stereocenters. The second-order valence-electron chi connectivity index (χ2n) is 7.64. The number of hydrogen-bond donors (Lipinski definition) is 1. The fraction of sp³-hybridized carbons (Fsp3) is 0.500. The molecule has 7 nitrogen and oxygen atoms in total. The molecule has 29 heavy (non-hydrogen) atoms. The Bertz CT molecular complexity index is 901. The van der Waals surface area contributed by atoms with Crippen LogP contribution in [0.25, 0.3) is 0 Å². The molecule has 1 aliphatic heterocycles. The van der Waals surface area contributed by atoms with E-state index in [1.807, 2.05) is 44.9 Å². The average Bonchev–Trinajstić information content (AvgIpc) is 2.73. The monoisotopic (exact) mass is 398 g/mol. The van der Waals surface area contributed by atoms with E-state index in [1.165, 1.54) is 5.56 Å². The maximum absolute atomic E-state index is 12.7. The summed E-state index contributed by atoms with van der Waals surface area (Å²) in [5, 5.41) is 0. The Morgan fingerprint density at radius 3 is 2.52 bits per heavy atom. The average molecular weight is 399 g/mol. The van der Waals surface area contributed by atoms with E-state index in [-0.39, 0.29) is 23.9 Å². The van der Waals surface area contributed by atoms with Crippen molar-refractivity contribution in [3.05, 3.63) is 57.0 Å². The lowest BCUT2D eigenvalue weighted by molar-refractivity contribution is -0.131. The van der Waals surface area contributed by atoms with E-state index in [2.05, 4.69) is 22.1 Å². The van der Waals surface area contributed by atoms with Crippen LogP contribution in [-0.4, -0.2) is 54.1 Å². The van der Waals surface area contributed by atoms with Gasteiger partial charge >= 0.3 is 0 Å². The Balaban J connectivity index is 1.64. The molecule has 2 heterocycles. The first-order chi connectivity index (χ1) is 13.9. The van der Waals surface area contributed by atoms with Gasteiger partial charge in [0.25, 0.3) is 5.56 Å². The maximum atomic E-state index is 12.7. The zero-order chi connectivity index (χ0) is 21.0. The Morgan fingerprint density at radius 1 is 1.24 bits per heavy atom. The molecule has 0 saturated carbocycles. The summed E-state index contributed by atoms with van der Waals surface area (Å²) < 4.78 is 5.35. The fourth-order valence-corrected chi connectivity index (χ4v) is 3.51. The zero-order valence-corrected chi connectivity index (χ0v) is 17.7. The van der Waals surface area contributed by atoms with Gasteiger partial charge in [-0.25, -0.2) is 4.98 Å². The lowest BCUT2D eigenvalue weighted by atomic mass is 10.0. The third-order valence-corrected chi connectivity index (χ3v) is 5.64. The van der Waals surface area contributed by atoms with Gasteiger partial charge in [-0.2, -0.15) is 0 Å². The second-order valence-corrected chi connectivity index (χ2v) is 7.64. The predicted octanol–water partition coefficient (Wildman–Crippen LogP) is 2.38. The Kier molecular flexibility index (Phi) is 6.69. The van der Waals surface area contributed by atoms with Crippen LogP contribution in [0.3, 0.4) is 0 Å². The molecule has 0 spiro atoms. The van der Waals surface area contributed by atoms with Crippen molar-refractivity contribution in [1.29, 1.82) is 0 Å². The van der Waals surface area contributed by atoms with Gasteiger partial charge < -0.3 is 14.5 Å². The molecule has 2 aromatic rings. The van der Waals surface area contributed by atoms with Crippen molar-refractivity contribution in [3.8, 4) is 0 Å². The predicted molar refractivity (Wildman–Crippen MR) is 113 cm³/mol. The van der Waals surface area contributed by atoms with Crippen molar-refractivity contribution in [1.82, 2.24) is 14.9 Å². The SMILES string of the molecule is Cc1ccc(C(C)N(C)C(=O)CCc2c(C)nc(N3CCOCC3)[nH]c2=O)cc1. The number of carbonyl (C=O) groups is 1. The number of H-pyrrole nitrogens is 1. The summed E-state index contributed by atoms with van der Waals surface area (Å²) in [6.45, 7) is 8.57. The Morgan fingerprint density at radius 2 is 1.90 bits per heavy atom. The van der Waals surface area contributed by atoms with Crippen LogP contribution in [-0.2, 0) is 16.0 Å². The van der Waals surface area contributed by atoms with Crippen molar-refractivity contribution < 1.29 is 9.53 Å². The number of hydrogen-bond acceptors (Lipinski definition) is 5. The lowest BCUT2D eigenvalue weighted by Crippen LogP contribution is -2.38. The number of aromatic nitrogens is 2. The van der Waals surface area contributed by atoms with Gasteiger partial charge in [-0.1, -0.05) is 29.8 Å². The van der Waals surface area contributed by atoms with Crippen LogP contribution >= 0.6 is 0 Å². The molecule has 0 bridgehead atoms. The minimum atomic E-state index is -0.166. The molecule has 0 radical (unpaired) electrons. The Hall–Kier alpha value is -2.67. The summed E-state index contributed by atoms with van der Waals surface area (Å²) in [6, 6.07) is 8.17. The first-order valence-corrected chi connectivity index (χ1v) is 10.1. The minimum absolute atomic E-state index is 0.00845. The molecule has 7 heteroatoms. The van der Waals surface area contributed by atoms with Crippen LogP contribution in [0.1, 0.15) is 41.8 Å². The first-order valence-electron chi connectivity index (χ1n) is 10.1. The Labute approximate surface area is 171 Å². The maximum Gasteiger partial charge on any atom is 0.255 e. The summed E-state index contributed by atoms with van der Waals surface area (Å²) in [4.78, 5) is 36.5. The number of aryl methyl sites for hydroxylation is 2. The van der Waals surface area contributed by atoms with E-state index in [4.69, 9.17) is 4.74 Å². The zero-order valence-electron chi connectivity index (χ0n) is 17.7. The van der Waals surface area contributed by atoms with Gasteiger partial charge in [0.1, 0.15) is 0 Å². The van der Waals surface area contributed by atoms with E-state index < -0.39 is 0 Å². The lowest BCUT2D eigenvalue weighted by Gasteiger charge is -2.27. The topological polar surface area (TPSA) is 78.5 Å². The molecule has 1 fully saturated rings. The minimum Gasteiger partial charge on any atom is -0.378 e. The molecule has 1 aliphatic rings. The molecule has 156 valence electrons. The smallest absolute Gasteiger partial charge is 0.255 e. The first kappa shape index (κ1) is 21.0. The molecule has 1 aromatic carbocycles. The van der Waals surface area contributed by atoms with Crippen LogP contribution < -0.4 is 10.5 Å². The highest BCUT2D eigenvalue weighted by atomic mass is 16.5. The standard InChI is InChI=1S/C22H30N4O3/c1-15-5-7-18(8-6-15)17(3)25(4)20(27)10-9-19-16(2)23-22(24-21(19)28)26-11-13-29-14-12-26/h5-8,17H,9-14H2,1-4H3,(H,23,24,28). The highest BCUT2D eigenvalue weighted by Crippen LogP contribution is 2.20. The van der Waals surface area contributed by atoms with Crippen LogP contribution in [0.5, 0.6) is 0 Å². The van der Waals surface area contributed by atoms with Crippen LogP contribution in [0, 0.1) is 13.8 Å². The second kappa shape index (κ2) is 9.22. The normalized spacial score (nSPS) is 15.2. The number of aromatic amines is 1. The van der Waals surface area contributed by atoms with Gasteiger partial charge in [0, 0.05) is 37.8 Å². The molecule has 0 aliphatic carbocycles. The highest BCUT2D eigenvalue weighted by molar-refractivity contribution is 5.76. The summed E-state index contributed by atoms with van der Waals surface area (Å²) >= 11 is 0. The van der Waals surface area contributed by atoms with Crippen LogP contribution in [0.2, 0.25) is 0 Å². The van der Waals surface area contributed by atoms with Gasteiger partial charge in [0.05, 0.1) is 19.3 Å². The number of benzene rings is 1. The van der Waals surface area contributed by atoms with Gasteiger partial charge in [-0.15, -0.1) is 0 Å². The molecular formula is C22H30N4O3. The van der Waals surface area contributed by atoms with Crippen molar-refractivity contribution in [3.63, 3.8) is 0 Å². The van der Waals surface area contributed by atoms with Crippen molar-refractivity contribution >= 4 is 11.9 Å². The summed E-state index contributed by atoms with van der Waals surface area (Å²) in [5.74, 6) is 0.588. The molecule has 1 saturated heterocycles. The summed E-state index contributed by atoms with van der Waals surface area (Å²) in [6.07, 6.45) is 0.649. The number of carbonyl (C=O) groups excluding carboxylic acids is 1. The third kappa shape index (κ3) is 5.03. The van der Waals surface area contributed by atoms with Crippen LogP contribution in [0.15, 0.2) is 29.1 Å². The van der Waals surface area contributed by atoms with E-state index in [1.54, 1.807) is 4.90 Å². The van der Waals surface area contributed by atoms with Crippen molar-refractivity contribution in [2.24, 2.45) is 0 Å². The number of rotatable bonds is 6. The van der Waals surface area contributed by atoms with E-state index in [9.17, 15) is 9.59 Å². The molecule has 3 rings (SSSR count). The molecule has 1 N–H and O–H groups in total. The number of nitrogens with one attached hydrogen (secondary N) is 1. The van der Waals surface area contributed by atoms with Crippen molar-refractivity contribution in [2.75, 3.05) is 38.3 Å². The molecule has 1 amide bonds. The van der Waals surface area contributed by atoms with Gasteiger partial charge in [-0.3, -0.25) is 14.6 Å². The largest absolute Gasteiger partial charge is 0.378 e. The number of anilines is 1. The summed E-state index contributed by atoms with van der Waals surface area (Å²) in [5.41, 5.74) is 3.37. The molecule has 1 aromatic heterocycles. The number of morpholine rings is 1. The number of ether oxygens (including phenoxy) is 1.